The van der Waals surface area contributed by atoms with Crippen molar-refractivity contribution >= 4 is 12.3 Å². The van der Waals surface area contributed by atoms with Crippen molar-refractivity contribution in [3.8, 4) is 0 Å². The van der Waals surface area contributed by atoms with E-state index in [-0.39, 0.29) is 11.9 Å². The molecule has 1 fully saturated rings. The van der Waals surface area contributed by atoms with Gasteiger partial charge in [0.1, 0.15) is 0 Å². The van der Waals surface area contributed by atoms with Crippen LogP contribution in [-0.4, -0.2) is 47.8 Å². The van der Waals surface area contributed by atoms with Gasteiger partial charge in [-0.15, -0.1) is 0 Å². The van der Waals surface area contributed by atoms with Crippen LogP contribution in [0.3, 0.4) is 0 Å². The van der Waals surface area contributed by atoms with Gasteiger partial charge in [0.2, 0.25) is 12.3 Å². The first-order chi connectivity index (χ1) is 6.19. The molecule has 1 aliphatic heterocycles. The van der Waals surface area contributed by atoms with Crippen molar-refractivity contribution in [2.24, 2.45) is 0 Å². The Bertz CT molecular complexity index is 228. The number of carbonyl (C=O) groups is 2. The fraction of sp³-hybridized carbons (Fsp3) is 0.556. The average Bonchev–Trinajstić information content (AvgIpc) is 2.16. The summed E-state index contributed by atoms with van der Waals surface area (Å²) in [6.45, 7) is 7.20. The van der Waals surface area contributed by atoms with Crippen LogP contribution in [0, 0.1) is 0 Å². The van der Waals surface area contributed by atoms with Crippen molar-refractivity contribution in [1.29, 1.82) is 0 Å². The van der Waals surface area contributed by atoms with Crippen LogP contribution >= 0.6 is 0 Å². The van der Waals surface area contributed by atoms with Crippen LogP contribution in [0.25, 0.3) is 0 Å². The molecule has 0 aromatic carbocycles. The summed E-state index contributed by atoms with van der Waals surface area (Å²) in [4.78, 5) is 25.1. The molecule has 72 valence electrons. The third-order valence-corrected chi connectivity index (χ3v) is 2.27. The summed E-state index contributed by atoms with van der Waals surface area (Å²) in [7, 11) is 0. The molecule has 0 bridgehead atoms. The second-order valence-corrected chi connectivity index (χ2v) is 3.19. The van der Waals surface area contributed by atoms with E-state index in [2.05, 4.69) is 6.58 Å². The third kappa shape index (κ3) is 2.08. The van der Waals surface area contributed by atoms with E-state index in [0.717, 1.165) is 6.41 Å². The Morgan fingerprint density at radius 1 is 1.54 bits per heavy atom. The van der Waals surface area contributed by atoms with Crippen molar-refractivity contribution in [2.45, 2.75) is 13.0 Å². The van der Waals surface area contributed by atoms with Gasteiger partial charge >= 0.3 is 0 Å². The smallest absolute Gasteiger partial charge is 0.246 e. The number of amides is 2. The first kappa shape index (κ1) is 9.77. The molecule has 0 spiro atoms. The Hall–Kier alpha value is -1.32. The lowest BCUT2D eigenvalue weighted by atomic mass is 10.2. The van der Waals surface area contributed by atoms with Gasteiger partial charge < -0.3 is 9.80 Å². The molecule has 1 saturated heterocycles. The second kappa shape index (κ2) is 4.07. The maximum Gasteiger partial charge on any atom is 0.246 e. The maximum absolute atomic E-state index is 11.3. The average molecular weight is 182 g/mol. The molecule has 1 atom stereocenters. The molecule has 0 aliphatic carbocycles. The summed E-state index contributed by atoms with van der Waals surface area (Å²) in [6.07, 6.45) is 2.14. The highest BCUT2D eigenvalue weighted by Crippen LogP contribution is 2.08. The van der Waals surface area contributed by atoms with E-state index < -0.39 is 0 Å². The number of hydrogen-bond donors (Lipinski definition) is 0. The molecule has 0 radical (unpaired) electrons. The summed E-state index contributed by atoms with van der Waals surface area (Å²) in [5.74, 6) is -0.0574. The molecule has 2 amide bonds. The zero-order chi connectivity index (χ0) is 9.84. The zero-order valence-electron chi connectivity index (χ0n) is 7.77. The fourth-order valence-corrected chi connectivity index (χ4v) is 1.53. The number of nitrogens with zero attached hydrogens (tertiary/aromatic N) is 2. The van der Waals surface area contributed by atoms with Gasteiger partial charge in [0.05, 0.1) is 0 Å². The molecule has 0 saturated carbocycles. The molecular formula is C9H14N2O2. The van der Waals surface area contributed by atoms with Crippen LogP contribution in [0.4, 0.5) is 0 Å². The van der Waals surface area contributed by atoms with Crippen LogP contribution in [0.2, 0.25) is 0 Å². The largest absolute Gasteiger partial charge is 0.341 e. The van der Waals surface area contributed by atoms with Gasteiger partial charge in [-0.25, -0.2) is 0 Å². The van der Waals surface area contributed by atoms with Gasteiger partial charge in [0.25, 0.3) is 0 Å². The molecule has 1 aliphatic rings. The van der Waals surface area contributed by atoms with E-state index in [1.807, 2.05) is 6.92 Å². The van der Waals surface area contributed by atoms with Gasteiger partial charge in [-0.05, 0) is 13.0 Å². The monoisotopic (exact) mass is 182 g/mol. The van der Waals surface area contributed by atoms with Crippen molar-refractivity contribution < 1.29 is 9.59 Å². The number of piperazine rings is 1. The molecule has 1 unspecified atom stereocenters. The number of hydrogen-bond acceptors (Lipinski definition) is 2. The standard InChI is InChI=1S/C9H14N2O2/c1-3-9(13)11-5-4-10(7-12)6-8(11)2/h3,7-8H,1,4-6H2,2H3. The summed E-state index contributed by atoms with van der Waals surface area (Å²) in [6, 6.07) is 0.0875. The second-order valence-electron chi connectivity index (χ2n) is 3.19. The van der Waals surface area contributed by atoms with Gasteiger partial charge in [-0.1, -0.05) is 6.58 Å². The van der Waals surface area contributed by atoms with E-state index in [1.165, 1.54) is 6.08 Å². The molecule has 4 nitrogen and oxygen atoms in total. The van der Waals surface area contributed by atoms with E-state index in [9.17, 15) is 9.59 Å². The van der Waals surface area contributed by atoms with E-state index in [0.29, 0.717) is 19.6 Å². The van der Waals surface area contributed by atoms with Crippen LogP contribution in [0.5, 0.6) is 0 Å². The molecular weight excluding hydrogens is 168 g/mol. The topological polar surface area (TPSA) is 40.6 Å². The molecule has 1 heterocycles. The Morgan fingerprint density at radius 3 is 2.69 bits per heavy atom. The highest BCUT2D eigenvalue weighted by atomic mass is 16.2. The predicted octanol–water partition coefficient (Wildman–Crippen LogP) is -0.139. The van der Waals surface area contributed by atoms with Gasteiger partial charge in [0.15, 0.2) is 0 Å². The summed E-state index contributed by atoms with van der Waals surface area (Å²) in [5, 5.41) is 0. The minimum atomic E-state index is -0.0574. The maximum atomic E-state index is 11.3. The lowest BCUT2D eigenvalue weighted by molar-refractivity contribution is -0.133. The Morgan fingerprint density at radius 2 is 2.23 bits per heavy atom. The highest BCUT2D eigenvalue weighted by Gasteiger charge is 2.24. The van der Waals surface area contributed by atoms with Crippen LogP contribution < -0.4 is 0 Å². The first-order valence-electron chi connectivity index (χ1n) is 4.31. The van der Waals surface area contributed by atoms with Crippen molar-refractivity contribution in [1.82, 2.24) is 9.80 Å². The van der Waals surface area contributed by atoms with E-state index >= 15 is 0 Å². The Labute approximate surface area is 77.8 Å². The van der Waals surface area contributed by atoms with Crippen LogP contribution in [-0.2, 0) is 9.59 Å². The Kier molecular flexibility index (Phi) is 3.06. The quantitative estimate of drug-likeness (QED) is 0.440. The molecule has 0 aromatic heterocycles. The van der Waals surface area contributed by atoms with Crippen molar-refractivity contribution in [3.05, 3.63) is 12.7 Å². The van der Waals surface area contributed by atoms with E-state index in [4.69, 9.17) is 0 Å². The first-order valence-corrected chi connectivity index (χ1v) is 4.31. The van der Waals surface area contributed by atoms with Gasteiger partial charge in [-0.3, -0.25) is 9.59 Å². The zero-order valence-corrected chi connectivity index (χ0v) is 7.77. The SMILES string of the molecule is C=CC(=O)N1CCN(C=O)CC1C. The molecule has 0 N–H and O–H groups in total. The normalized spacial score (nSPS) is 22.7. The predicted molar refractivity (Wildman–Crippen MR) is 49.0 cm³/mol. The molecule has 4 heteroatoms. The van der Waals surface area contributed by atoms with Gasteiger partial charge in [0, 0.05) is 25.7 Å². The summed E-state index contributed by atoms with van der Waals surface area (Å²) >= 11 is 0. The lowest BCUT2D eigenvalue weighted by Gasteiger charge is -2.37. The van der Waals surface area contributed by atoms with Crippen LogP contribution in [0.15, 0.2) is 12.7 Å². The number of rotatable bonds is 2. The molecule has 13 heavy (non-hydrogen) atoms. The molecule has 0 aromatic rings. The highest BCUT2D eigenvalue weighted by molar-refractivity contribution is 5.87. The minimum Gasteiger partial charge on any atom is -0.341 e. The van der Waals surface area contributed by atoms with Crippen molar-refractivity contribution in [2.75, 3.05) is 19.6 Å². The van der Waals surface area contributed by atoms with Gasteiger partial charge in [-0.2, -0.15) is 0 Å². The van der Waals surface area contributed by atoms with Crippen molar-refractivity contribution in [3.63, 3.8) is 0 Å². The summed E-state index contributed by atoms with van der Waals surface area (Å²) < 4.78 is 0. The fourth-order valence-electron chi connectivity index (χ4n) is 1.53. The minimum absolute atomic E-state index is 0.0574. The van der Waals surface area contributed by atoms with E-state index in [1.54, 1.807) is 9.80 Å². The molecule has 1 rings (SSSR count). The lowest BCUT2D eigenvalue weighted by Crippen LogP contribution is -2.53. The third-order valence-electron chi connectivity index (χ3n) is 2.27. The number of carbonyl (C=O) groups excluding carboxylic acids is 2. The van der Waals surface area contributed by atoms with Crippen LogP contribution in [0.1, 0.15) is 6.92 Å². The summed E-state index contributed by atoms with van der Waals surface area (Å²) in [5.41, 5.74) is 0. The Balaban J connectivity index is 2.57.